The first kappa shape index (κ1) is 16.5. The molecule has 0 saturated carbocycles. The number of imide groups is 1. The molecule has 3 heterocycles. The molecule has 3 rings (SSSR count). The Bertz CT molecular complexity index is 848. The van der Waals surface area contributed by atoms with Gasteiger partial charge < -0.3 is 9.15 Å². The van der Waals surface area contributed by atoms with Crippen molar-refractivity contribution in [3.63, 3.8) is 0 Å². The van der Waals surface area contributed by atoms with Gasteiger partial charge in [0.15, 0.2) is 0 Å². The number of ether oxygens (including phenoxy) is 1. The second-order valence-electron chi connectivity index (χ2n) is 4.99. The normalized spacial score (nSPS) is 16.2. The highest BCUT2D eigenvalue weighted by molar-refractivity contribution is 8.18. The third-order valence-electron chi connectivity index (χ3n) is 3.40. The van der Waals surface area contributed by atoms with Crippen LogP contribution in [0, 0.1) is 6.92 Å². The molecule has 0 unspecified atom stereocenters. The van der Waals surface area contributed by atoms with E-state index in [4.69, 9.17) is 4.42 Å². The van der Waals surface area contributed by atoms with Gasteiger partial charge in [-0.2, -0.15) is 0 Å². The number of amides is 2. The summed E-state index contributed by atoms with van der Waals surface area (Å²) in [7, 11) is 1.25. The van der Waals surface area contributed by atoms with Crippen molar-refractivity contribution in [2.75, 3.05) is 7.11 Å². The molecule has 1 fully saturated rings. The summed E-state index contributed by atoms with van der Waals surface area (Å²) >= 11 is 2.41. The molecule has 1 aliphatic heterocycles. The van der Waals surface area contributed by atoms with Crippen molar-refractivity contribution in [2.24, 2.45) is 0 Å². The SMILES string of the molecule is COC(=O)c1ccc(CN2C(=O)S/C(=C/c3sccc3C)C2=O)o1. The number of esters is 1. The Morgan fingerprint density at radius 3 is 2.79 bits per heavy atom. The first-order chi connectivity index (χ1) is 11.5. The van der Waals surface area contributed by atoms with Gasteiger partial charge in [-0.05, 0) is 53.9 Å². The number of aryl methyl sites for hydroxylation is 1. The van der Waals surface area contributed by atoms with Gasteiger partial charge in [0.1, 0.15) is 5.76 Å². The highest BCUT2D eigenvalue weighted by Gasteiger charge is 2.36. The molecule has 0 radical (unpaired) electrons. The molecular weight excluding hydrogens is 350 g/mol. The van der Waals surface area contributed by atoms with Crippen molar-refractivity contribution in [2.45, 2.75) is 13.5 Å². The van der Waals surface area contributed by atoms with E-state index in [-0.39, 0.29) is 23.5 Å². The number of rotatable bonds is 4. The van der Waals surface area contributed by atoms with Gasteiger partial charge in [0.2, 0.25) is 5.76 Å². The predicted molar refractivity (Wildman–Crippen MR) is 90.6 cm³/mol. The second-order valence-corrected chi connectivity index (χ2v) is 6.93. The fourth-order valence-electron chi connectivity index (χ4n) is 2.12. The molecule has 2 aromatic rings. The van der Waals surface area contributed by atoms with Gasteiger partial charge in [-0.1, -0.05) is 0 Å². The highest BCUT2D eigenvalue weighted by Crippen LogP contribution is 2.34. The van der Waals surface area contributed by atoms with E-state index < -0.39 is 5.97 Å². The van der Waals surface area contributed by atoms with Crippen molar-refractivity contribution < 1.29 is 23.5 Å². The summed E-state index contributed by atoms with van der Waals surface area (Å²) in [5.41, 5.74) is 1.06. The van der Waals surface area contributed by atoms with Crippen LogP contribution in [0.15, 0.2) is 32.9 Å². The molecule has 124 valence electrons. The van der Waals surface area contributed by atoms with E-state index in [2.05, 4.69) is 4.74 Å². The number of methoxy groups -OCH3 is 1. The van der Waals surface area contributed by atoms with Gasteiger partial charge in [-0.15, -0.1) is 11.3 Å². The maximum Gasteiger partial charge on any atom is 0.373 e. The average molecular weight is 363 g/mol. The van der Waals surface area contributed by atoms with Gasteiger partial charge in [0.25, 0.3) is 11.1 Å². The Kier molecular flexibility index (Phi) is 4.59. The largest absolute Gasteiger partial charge is 0.463 e. The topological polar surface area (TPSA) is 76.8 Å². The lowest BCUT2D eigenvalue weighted by Gasteiger charge is -2.09. The van der Waals surface area contributed by atoms with Crippen LogP contribution < -0.4 is 0 Å². The fraction of sp³-hybridized carbons (Fsp3) is 0.188. The highest BCUT2D eigenvalue weighted by atomic mass is 32.2. The van der Waals surface area contributed by atoms with Crippen molar-refractivity contribution >= 4 is 46.3 Å². The first-order valence-corrected chi connectivity index (χ1v) is 8.65. The monoisotopic (exact) mass is 363 g/mol. The summed E-state index contributed by atoms with van der Waals surface area (Å²) < 4.78 is 9.86. The zero-order valence-corrected chi connectivity index (χ0v) is 14.5. The van der Waals surface area contributed by atoms with Crippen LogP contribution in [0.5, 0.6) is 0 Å². The van der Waals surface area contributed by atoms with E-state index in [1.165, 1.54) is 24.5 Å². The Morgan fingerprint density at radius 2 is 2.12 bits per heavy atom. The van der Waals surface area contributed by atoms with Gasteiger partial charge in [-0.25, -0.2) is 4.79 Å². The van der Waals surface area contributed by atoms with Crippen LogP contribution in [-0.4, -0.2) is 29.1 Å². The van der Waals surface area contributed by atoms with Crippen LogP contribution in [-0.2, 0) is 16.1 Å². The molecule has 0 N–H and O–H groups in total. The van der Waals surface area contributed by atoms with Crippen molar-refractivity contribution in [1.82, 2.24) is 4.90 Å². The summed E-state index contributed by atoms with van der Waals surface area (Å²) in [5.74, 6) is -0.604. The maximum atomic E-state index is 12.4. The quantitative estimate of drug-likeness (QED) is 0.609. The lowest BCUT2D eigenvalue weighted by Crippen LogP contribution is -2.27. The molecule has 6 nitrogen and oxygen atoms in total. The number of carbonyl (C=O) groups is 3. The number of nitrogens with zero attached hydrogens (tertiary/aromatic N) is 1. The van der Waals surface area contributed by atoms with E-state index in [0.717, 1.165) is 27.1 Å². The predicted octanol–water partition coefficient (Wildman–Crippen LogP) is 3.67. The van der Waals surface area contributed by atoms with Crippen LogP contribution in [0.2, 0.25) is 0 Å². The third-order valence-corrected chi connectivity index (χ3v) is 5.27. The zero-order chi connectivity index (χ0) is 17.3. The molecule has 0 spiro atoms. The summed E-state index contributed by atoms with van der Waals surface area (Å²) in [4.78, 5) is 38.4. The molecule has 2 aromatic heterocycles. The lowest BCUT2D eigenvalue weighted by atomic mass is 10.2. The summed E-state index contributed by atoms with van der Waals surface area (Å²) in [6.45, 7) is 1.92. The minimum absolute atomic E-state index is 0.0254. The number of hydrogen-bond donors (Lipinski definition) is 0. The molecular formula is C16H13NO5S2. The van der Waals surface area contributed by atoms with Crippen LogP contribution in [0.25, 0.3) is 6.08 Å². The molecule has 24 heavy (non-hydrogen) atoms. The Labute approximate surface area is 146 Å². The number of hydrogen-bond acceptors (Lipinski definition) is 7. The molecule has 8 heteroatoms. The Morgan fingerprint density at radius 1 is 1.33 bits per heavy atom. The van der Waals surface area contributed by atoms with Crippen LogP contribution in [0.1, 0.15) is 26.8 Å². The van der Waals surface area contributed by atoms with E-state index in [1.54, 1.807) is 12.1 Å². The summed E-state index contributed by atoms with van der Waals surface area (Å²) in [6, 6.07) is 4.95. The van der Waals surface area contributed by atoms with Crippen LogP contribution in [0.4, 0.5) is 4.79 Å². The molecule has 2 amide bonds. The standard InChI is InChI=1S/C16H13NO5S2/c1-9-5-6-23-12(9)7-13-14(18)17(16(20)24-13)8-10-3-4-11(22-10)15(19)21-2/h3-7H,8H2,1-2H3/b13-7+. The van der Waals surface area contributed by atoms with E-state index in [0.29, 0.717) is 10.7 Å². The number of furan rings is 1. The molecule has 0 aliphatic carbocycles. The molecule has 1 aliphatic rings. The molecule has 0 aromatic carbocycles. The Balaban J connectivity index is 1.77. The Hall–Kier alpha value is -2.32. The minimum atomic E-state index is -0.608. The van der Waals surface area contributed by atoms with E-state index in [9.17, 15) is 14.4 Å². The van der Waals surface area contributed by atoms with Gasteiger partial charge in [0.05, 0.1) is 18.6 Å². The molecule has 0 atom stereocenters. The average Bonchev–Trinajstić information content (AvgIpc) is 3.25. The van der Waals surface area contributed by atoms with E-state index >= 15 is 0 Å². The minimum Gasteiger partial charge on any atom is -0.463 e. The van der Waals surface area contributed by atoms with Crippen LogP contribution in [0.3, 0.4) is 0 Å². The van der Waals surface area contributed by atoms with Crippen molar-refractivity contribution in [1.29, 1.82) is 0 Å². The van der Waals surface area contributed by atoms with E-state index in [1.807, 2.05) is 18.4 Å². The van der Waals surface area contributed by atoms with Gasteiger partial charge in [0, 0.05) is 4.88 Å². The zero-order valence-electron chi connectivity index (χ0n) is 12.9. The van der Waals surface area contributed by atoms with Crippen molar-refractivity contribution in [3.8, 4) is 0 Å². The number of thioether (sulfide) groups is 1. The molecule has 0 bridgehead atoms. The van der Waals surface area contributed by atoms with Gasteiger partial charge in [-0.3, -0.25) is 14.5 Å². The summed E-state index contributed by atoms with van der Waals surface area (Å²) in [5, 5.41) is 1.57. The number of carbonyl (C=O) groups excluding carboxylic acids is 3. The van der Waals surface area contributed by atoms with Crippen molar-refractivity contribution in [3.05, 3.63) is 50.4 Å². The lowest BCUT2D eigenvalue weighted by molar-refractivity contribution is -0.123. The molecule has 1 saturated heterocycles. The van der Waals surface area contributed by atoms with Gasteiger partial charge >= 0.3 is 5.97 Å². The first-order valence-electron chi connectivity index (χ1n) is 6.96. The fourth-order valence-corrected chi connectivity index (χ4v) is 3.87. The number of thiophene rings is 1. The smallest absolute Gasteiger partial charge is 0.373 e. The third kappa shape index (κ3) is 3.15. The second kappa shape index (κ2) is 6.66. The summed E-state index contributed by atoms with van der Waals surface area (Å²) in [6.07, 6.45) is 1.73. The van der Waals surface area contributed by atoms with Crippen LogP contribution >= 0.6 is 23.1 Å². The maximum absolute atomic E-state index is 12.4.